The van der Waals surface area contributed by atoms with E-state index in [1.54, 1.807) is 11.8 Å². The lowest BCUT2D eigenvalue weighted by Crippen LogP contribution is -2.30. The van der Waals surface area contributed by atoms with Crippen molar-refractivity contribution < 1.29 is 13.5 Å². The third kappa shape index (κ3) is 3.98. The van der Waals surface area contributed by atoms with Gasteiger partial charge in [-0.15, -0.1) is 0 Å². The highest BCUT2D eigenvalue weighted by Crippen LogP contribution is 2.12. The molecule has 0 radical (unpaired) electrons. The molecular formula is C9H17N3O3S2. The second kappa shape index (κ2) is 6.39. The fourth-order valence-corrected chi connectivity index (χ4v) is 3.28. The Kier molecular flexibility index (Phi) is 5.44. The van der Waals surface area contributed by atoms with Crippen LogP contribution in [0.2, 0.25) is 0 Å². The van der Waals surface area contributed by atoms with Gasteiger partial charge in [0.1, 0.15) is 0 Å². The Morgan fingerprint density at radius 1 is 1.65 bits per heavy atom. The molecule has 1 aromatic rings. The number of hydrogen-bond acceptors (Lipinski definition) is 5. The minimum absolute atomic E-state index is 0.0589. The summed E-state index contributed by atoms with van der Waals surface area (Å²) in [6, 6.07) is 0. The first kappa shape index (κ1) is 14.5. The van der Waals surface area contributed by atoms with Crippen LogP contribution in [0, 0.1) is 5.92 Å². The molecule has 0 aliphatic carbocycles. The first-order valence-corrected chi connectivity index (χ1v) is 8.00. The summed E-state index contributed by atoms with van der Waals surface area (Å²) in [4.78, 5) is 0. The highest BCUT2D eigenvalue weighted by Gasteiger charge is 2.20. The zero-order chi connectivity index (χ0) is 12.9. The molecule has 1 heterocycles. The summed E-state index contributed by atoms with van der Waals surface area (Å²) in [5.74, 6) is 1.14. The molecule has 0 aromatic carbocycles. The van der Waals surface area contributed by atoms with E-state index in [1.807, 2.05) is 13.2 Å². The number of rotatable bonds is 7. The Morgan fingerprint density at radius 3 is 2.94 bits per heavy atom. The van der Waals surface area contributed by atoms with Crippen LogP contribution in [0.4, 0.5) is 0 Å². The Bertz CT molecular complexity index is 444. The molecule has 0 bridgehead atoms. The number of aromatic nitrogens is 2. The van der Waals surface area contributed by atoms with Crippen LogP contribution in [0.5, 0.6) is 0 Å². The third-order valence-electron chi connectivity index (χ3n) is 2.19. The van der Waals surface area contributed by atoms with Crippen LogP contribution in [0.3, 0.4) is 0 Å². The molecule has 0 saturated heterocycles. The average Bonchev–Trinajstić information content (AvgIpc) is 2.76. The molecule has 0 spiro atoms. The maximum absolute atomic E-state index is 11.9. The molecule has 0 aliphatic heterocycles. The second-order valence-electron chi connectivity index (χ2n) is 3.79. The summed E-state index contributed by atoms with van der Waals surface area (Å²) in [7, 11) is -3.61. The number of aromatic amines is 1. The SMILES string of the molecule is CSCC(C)CNS(=O)(=O)c1[nH]ncc1CO. The summed E-state index contributed by atoms with van der Waals surface area (Å²) in [5.41, 5.74) is 0.273. The standard InChI is InChI=1S/C9H17N3O3S2/c1-7(6-16-2)3-11-17(14,15)9-8(5-13)4-10-12-9/h4,7,11,13H,3,5-6H2,1-2H3,(H,10,12). The molecule has 0 fully saturated rings. The van der Waals surface area contributed by atoms with Crippen molar-refractivity contribution in [3.8, 4) is 0 Å². The van der Waals surface area contributed by atoms with E-state index >= 15 is 0 Å². The summed E-state index contributed by atoms with van der Waals surface area (Å²) in [6.07, 6.45) is 3.28. The minimum atomic E-state index is -3.61. The number of thioether (sulfide) groups is 1. The van der Waals surface area contributed by atoms with Crippen LogP contribution in [0.1, 0.15) is 12.5 Å². The topological polar surface area (TPSA) is 95.1 Å². The van der Waals surface area contributed by atoms with Gasteiger partial charge in [0.25, 0.3) is 10.0 Å². The van der Waals surface area contributed by atoms with Gasteiger partial charge in [0.05, 0.1) is 12.8 Å². The van der Waals surface area contributed by atoms with E-state index in [9.17, 15) is 8.42 Å². The predicted octanol–water partition coefficient (Wildman–Crippen LogP) is 0.179. The number of nitrogens with one attached hydrogen (secondary N) is 2. The lowest BCUT2D eigenvalue weighted by Gasteiger charge is -2.11. The predicted molar refractivity (Wildman–Crippen MR) is 67.2 cm³/mol. The number of hydrogen-bond donors (Lipinski definition) is 3. The Labute approximate surface area is 105 Å². The first-order chi connectivity index (χ1) is 8.01. The zero-order valence-corrected chi connectivity index (χ0v) is 11.4. The van der Waals surface area contributed by atoms with E-state index < -0.39 is 10.0 Å². The smallest absolute Gasteiger partial charge is 0.257 e. The molecule has 0 saturated carbocycles. The maximum Gasteiger partial charge on any atom is 0.257 e. The highest BCUT2D eigenvalue weighted by atomic mass is 32.2. The molecule has 1 rings (SSSR count). The molecule has 3 N–H and O–H groups in total. The number of aliphatic hydroxyl groups is 1. The maximum atomic E-state index is 11.9. The Hall–Kier alpha value is -0.570. The molecule has 1 atom stereocenters. The molecule has 0 aliphatic rings. The van der Waals surface area contributed by atoms with Crippen LogP contribution in [-0.4, -0.2) is 42.3 Å². The molecule has 1 aromatic heterocycles. The van der Waals surface area contributed by atoms with Gasteiger partial charge in [0, 0.05) is 12.1 Å². The van der Waals surface area contributed by atoms with Crippen molar-refractivity contribution in [1.29, 1.82) is 0 Å². The van der Waals surface area contributed by atoms with Crippen molar-refractivity contribution in [2.45, 2.75) is 18.6 Å². The molecule has 8 heteroatoms. The van der Waals surface area contributed by atoms with Crippen molar-refractivity contribution in [3.63, 3.8) is 0 Å². The van der Waals surface area contributed by atoms with Gasteiger partial charge in [-0.1, -0.05) is 6.92 Å². The third-order valence-corrected chi connectivity index (χ3v) is 4.53. The molecular weight excluding hydrogens is 262 g/mol. The quantitative estimate of drug-likeness (QED) is 0.662. The molecule has 17 heavy (non-hydrogen) atoms. The highest BCUT2D eigenvalue weighted by molar-refractivity contribution is 7.98. The van der Waals surface area contributed by atoms with Crippen LogP contribution in [-0.2, 0) is 16.6 Å². The fraction of sp³-hybridized carbons (Fsp3) is 0.667. The van der Waals surface area contributed by atoms with Gasteiger partial charge in [-0.05, 0) is 17.9 Å². The van der Waals surface area contributed by atoms with E-state index in [0.29, 0.717) is 6.54 Å². The lowest BCUT2D eigenvalue weighted by molar-refractivity contribution is 0.278. The van der Waals surface area contributed by atoms with E-state index in [0.717, 1.165) is 5.75 Å². The van der Waals surface area contributed by atoms with Crippen molar-refractivity contribution in [3.05, 3.63) is 11.8 Å². The van der Waals surface area contributed by atoms with Gasteiger partial charge in [-0.25, -0.2) is 13.1 Å². The Balaban J connectivity index is 2.69. The van der Waals surface area contributed by atoms with Gasteiger partial charge in [-0.3, -0.25) is 5.10 Å². The van der Waals surface area contributed by atoms with Gasteiger partial charge in [0.15, 0.2) is 5.03 Å². The molecule has 1 unspecified atom stereocenters. The number of H-pyrrole nitrogens is 1. The molecule has 0 amide bonds. The fourth-order valence-electron chi connectivity index (χ4n) is 1.31. The van der Waals surface area contributed by atoms with Crippen LogP contribution < -0.4 is 4.72 Å². The summed E-state index contributed by atoms with van der Waals surface area (Å²) in [5, 5.41) is 14.9. The second-order valence-corrected chi connectivity index (χ2v) is 6.41. The monoisotopic (exact) mass is 279 g/mol. The minimum Gasteiger partial charge on any atom is -0.392 e. The zero-order valence-electron chi connectivity index (χ0n) is 9.80. The molecule has 6 nitrogen and oxygen atoms in total. The van der Waals surface area contributed by atoms with Crippen molar-refractivity contribution in [2.24, 2.45) is 5.92 Å². The first-order valence-electron chi connectivity index (χ1n) is 5.13. The van der Waals surface area contributed by atoms with Crippen LogP contribution in [0.15, 0.2) is 11.2 Å². The van der Waals surface area contributed by atoms with Gasteiger partial charge >= 0.3 is 0 Å². The largest absolute Gasteiger partial charge is 0.392 e. The lowest BCUT2D eigenvalue weighted by atomic mass is 10.2. The Morgan fingerprint density at radius 2 is 2.35 bits per heavy atom. The van der Waals surface area contributed by atoms with Crippen LogP contribution >= 0.6 is 11.8 Å². The van der Waals surface area contributed by atoms with E-state index in [2.05, 4.69) is 14.9 Å². The van der Waals surface area contributed by atoms with E-state index in [4.69, 9.17) is 5.11 Å². The summed E-state index contributed by atoms with van der Waals surface area (Å²) < 4.78 is 26.3. The van der Waals surface area contributed by atoms with Gasteiger partial charge in [0.2, 0.25) is 0 Å². The number of aliphatic hydroxyl groups excluding tert-OH is 1. The van der Waals surface area contributed by atoms with Crippen molar-refractivity contribution >= 4 is 21.8 Å². The van der Waals surface area contributed by atoms with Gasteiger partial charge < -0.3 is 5.11 Å². The van der Waals surface area contributed by atoms with E-state index in [-0.39, 0.29) is 23.1 Å². The average molecular weight is 279 g/mol. The summed E-state index contributed by atoms with van der Waals surface area (Å²) in [6.45, 7) is 1.99. The summed E-state index contributed by atoms with van der Waals surface area (Å²) >= 11 is 1.67. The number of nitrogens with zero attached hydrogens (tertiary/aromatic N) is 1. The van der Waals surface area contributed by atoms with Crippen LogP contribution in [0.25, 0.3) is 0 Å². The van der Waals surface area contributed by atoms with Gasteiger partial charge in [-0.2, -0.15) is 16.9 Å². The van der Waals surface area contributed by atoms with Crippen molar-refractivity contribution in [2.75, 3.05) is 18.6 Å². The van der Waals surface area contributed by atoms with E-state index in [1.165, 1.54) is 6.20 Å². The normalized spacial score (nSPS) is 13.8. The van der Waals surface area contributed by atoms with Crippen molar-refractivity contribution in [1.82, 2.24) is 14.9 Å². The molecule has 98 valence electrons. The number of sulfonamides is 1.